The van der Waals surface area contributed by atoms with Crippen molar-refractivity contribution in [3.8, 4) is 0 Å². The Balaban J connectivity index is 2.28. The van der Waals surface area contributed by atoms with Gasteiger partial charge in [0.15, 0.2) is 0 Å². The molecule has 0 saturated heterocycles. The molecule has 1 aromatic rings. The van der Waals surface area contributed by atoms with Gasteiger partial charge in [-0.2, -0.15) is 0 Å². The van der Waals surface area contributed by atoms with E-state index < -0.39 is 10.0 Å². The van der Waals surface area contributed by atoms with Crippen molar-refractivity contribution in [3.63, 3.8) is 0 Å². The van der Waals surface area contributed by atoms with Gasteiger partial charge in [-0.15, -0.1) is 0 Å². The standard InChI is InChI=1S/C14H20Cl2N2O2S/c1-2-9-5-3-4-6-11(9)18-21(19,20)12-8-7-10(15)14(17)13(12)16/h7-9,11,18H,2-6,17H2,1H3. The molecule has 2 unspecified atom stereocenters. The minimum Gasteiger partial charge on any atom is -0.396 e. The van der Waals surface area contributed by atoms with E-state index in [2.05, 4.69) is 11.6 Å². The number of benzene rings is 1. The zero-order valence-electron chi connectivity index (χ0n) is 11.9. The molecule has 0 aliphatic heterocycles. The van der Waals surface area contributed by atoms with Gasteiger partial charge in [0.05, 0.1) is 15.7 Å². The molecule has 4 nitrogen and oxygen atoms in total. The second-order valence-corrected chi connectivity index (χ2v) is 7.92. The van der Waals surface area contributed by atoms with E-state index >= 15 is 0 Å². The Morgan fingerprint density at radius 1 is 1.29 bits per heavy atom. The lowest BCUT2D eigenvalue weighted by atomic mass is 9.83. The number of halogens is 2. The number of nitrogens with two attached hydrogens (primary N) is 1. The lowest BCUT2D eigenvalue weighted by Gasteiger charge is -2.31. The Labute approximate surface area is 136 Å². The van der Waals surface area contributed by atoms with Crippen LogP contribution in [0.2, 0.25) is 10.0 Å². The molecule has 0 heterocycles. The molecule has 1 aliphatic carbocycles. The third-order valence-corrected chi connectivity index (χ3v) is 6.50. The molecule has 21 heavy (non-hydrogen) atoms. The minimum absolute atomic E-state index is 0.00788. The molecule has 3 N–H and O–H groups in total. The molecule has 1 saturated carbocycles. The van der Waals surface area contributed by atoms with Gasteiger partial charge < -0.3 is 5.73 Å². The van der Waals surface area contributed by atoms with E-state index in [-0.39, 0.29) is 26.7 Å². The van der Waals surface area contributed by atoms with E-state index in [1.54, 1.807) is 0 Å². The average Bonchev–Trinajstić information content (AvgIpc) is 2.44. The number of nitrogen functional groups attached to an aromatic ring is 1. The molecule has 0 bridgehead atoms. The number of sulfonamides is 1. The van der Waals surface area contributed by atoms with Gasteiger partial charge in [-0.25, -0.2) is 13.1 Å². The monoisotopic (exact) mass is 350 g/mol. The number of nitrogens with one attached hydrogen (secondary N) is 1. The van der Waals surface area contributed by atoms with E-state index in [9.17, 15) is 8.42 Å². The molecule has 0 amide bonds. The quantitative estimate of drug-likeness (QED) is 0.810. The highest BCUT2D eigenvalue weighted by atomic mass is 35.5. The van der Waals surface area contributed by atoms with Crippen LogP contribution in [0.15, 0.2) is 17.0 Å². The lowest BCUT2D eigenvalue weighted by Crippen LogP contribution is -2.41. The van der Waals surface area contributed by atoms with E-state index in [4.69, 9.17) is 28.9 Å². The smallest absolute Gasteiger partial charge is 0.242 e. The van der Waals surface area contributed by atoms with E-state index in [1.165, 1.54) is 12.1 Å². The van der Waals surface area contributed by atoms with Gasteiger partial charge in [-0.3, -0.25) is 0 Å². The maximum atomic E-state index is 12.6. The molecule has 0 spiro atoms. The lowest BCUT2D eigenvalue weighted by molar-refractivity contribution is 0.282. The molecule has 118 valence electrons. The number of hydrogen-bond acceptors (Lipinski definition) is 3. The van der Waals surface area contributed by atoms with Crippen LogP contribution in [-0.2, 0) is 10.0 Å². The fourth-order valence-corrected chi connectivity index (χ4v) is 4.98. The summed E-state index contributed by atoms with van der Waals surface area (Å²) in [7, 11) is -3.69. The van der Waals surface area contributed by atoms with Gasteiger partial charge >= 0.3 is 0 Å². The van der Waals surface area contributed by atoms with Crippen LogP contribution in [0.4, 0.5) is 5.69 Å². The second kappa shape index (κ2) is 6.73. The topological polar surface area (TPSA) is 72.2 Å². The van der Waals surface area contributed by atoms with Crippen LogP contribution in [-0.4, -0.2) is 14.5 Å². The molecule has 2 rings (SSSR count). The first kappa shape index (κ1) is 16.9. The fraction of sp³-hybridized carbons (Fsp3) is 0.571. The molecular formula is C14H20Cl2N2O2S. The van der Waals surface area contributed by atoms with Gasteiger partial charge in [-0.1, -0.05) is 49.4 Å². The van der Waals surface area contributed by atoms with Crippen molar-refractivity contribution < 1.29 is 8.42 Å². The SMILES string of the molecule is CCC1CCCCC1NS(=O)(=O)c1ccc(Cl)c(N)c1Cl. The molecule has 1 aromatic carbocycles. The van der Waals surface area contributed by atoms with Gasteiger partial charge in [0.25, 0.3) is 0 Å². The number of rotatable bonds is 4. The van der Waals surface area contributed by atoms with Crippen LogP contribution in [0.5, 0.6) is 0 Å². The van der Waals surface area contributed by atoms with Crippen molar-refractivity contribution in [2.24, 2.45) is 5.92 Å². The minimum atomic E-state index is -3.69. The molecule has 2 atom stereocenters. The first-order valence-corrected chi connectivity index (χ1v) is 9.36. The number of hydrogen-bond donors (Lipinski definition) is 2. The van der Waals surface area contributed by atoms with Gasteiger partial charge in [0, 0.05) is 6.04 Å². The van der Waals surface area contributed by atoms with Crippen LogP contribution in [0.1, 0.15) is 39.0 Å². The first-order valence-electron chi connectivity index (χ1n) is 7.12. The zero-order chi connectivity index (χ0) is 15.6. The summed E-state index contributed by atoms with van der Waals surface area (Å²) in [6.45, 7) is 2.09. The van der Waals surface area contributed by atoms with E-state index in [0.29, 0.717) is 5.92 Å². The Morgan fingerprint density at radius 2 is 1.95 bits per heavy atom. The third-order valence-electron chi connectivity index (χ3n) is 4.12. The van der Waals surface area contributed by atoms with Gasteiger partial charge in [0.1, 0.15) is 4.90 Å². The fourth-order valence-electron chi connectivity index (χ4n) is 2.87. The summed E-state index contributed by atoms with van der Waals surface area (Å²) in [6.07, 6.45) is 5.08. The van der Waals surface area contributed by atoms with Crippen LogP contribution < -0.4 is 10.5 Å². The Hall–Kier alpha value is -0.490. The van der Waals surface area contributed by atoms with E-state index in [0.717, 1.165) is 32.1 Å². The van der Waals surface area contributed by atoms with Crippen molar-refractivity contribution in [3.05, 3.63) is 22.2 Å². The van der Waals surface area contributed by atoms with E-state index in [1.807, 2.05) is 0 Å². The molecule has 0 radical (unpaired) electrons. The highest BCUT2D eigenvalue weighted by molar-refractivity contribution is 7.89. The molecule has 7 heteroatoms. The summed E-state index contributed by atoms with van der Waals surface area (Å²) >= 11 is 11.9. The summed E-state index contributed by atoms with van der Waals surface area (Å²) in [5.41, 5.74) is 5.80. The van der Waals surface area contributed by atoms with Crippen molar-refractivity contribution in [2.45, 2.75) is 50.0 Å². The number of anilines is 1. The van der Waals surface area contributed by atoms with Crippen molar-refractivity contribution in [1.82, 2.24) is 4.72 Å². The van der Waals surface area contributed by atoms with Crippen molar-refractivity contribution >= 4 is 38.9 Å². The van der Waals surface area contributed by atoms with Crippen LogP contribution in [0, 0.1) is 5.92 Å². The maximum Gasteiger partial charge on any atom is 0.242 e. The summed E-state index contributed by atoms with van der Waals surface area (Å²) < 4.78 is 27.9. The Kier molecular flexibility index (Phi) is 5.41. The Morgan fingerprint density at radius 3 is 2.62 bits per heavy atom. The Bertz CT molecular complexity index is 620. The molecule has 0 aromatic heterocycles. The highest BCUT2D eigenvalue weighted by Crippen LogP contribution is 2.34. The van der Waals surface area contributed by atoms with Gasteiger partial charge in [-0.05, 0) is 30.9 Å². The normalized spacial score (nSPS) is 23.2. The predicted octanol–water partition coefficient (Wildman–Crippen LogP) is 3.82. The largest absolute Gasteiger partial charge is 0.396 e. The summed E-state index contributed by atoms with van der Waals surface area (Å²) in [5.74, 6) is 0.372. The highest BCUT2D eigenvalue weighted by Gasteiger charge is 2.30. The van der Waals surface area contributed by atoms with Crippen molar-refractivity contribution in [2.75, 3.05) is 5.73 Å². The summed E-state index contributed by atoms with van der Waals surface area (Å²) in [5, 5.41) is 0.238. The van der Waals surface area contributed by atoms with Crippen molar-refractivity contribution in [1.29, 1.82) is 0 Å². The van der Waals surface area contributed by atoms with Crippen LogP contribution >= 0.6 is 23.2 Å². The summed E-state index contributed by atoms with van der Waals surface area (Å²) in [4.78, 5) is -0.00788. The molecule has 1 aliphatic rings. The predicted molar refractivity (Wildman–Crippen MR) is 87.2 cm³/mol. The van der Waals surface area contributed by atoms with Gasteiger partial charge in [0.2, 0.25) is 10.0 Å². The maximum absolute atomic E-state index is 12.6. The molecule has 1 fully saturated rings. The average molecular weight is 351 g/mol. The van der Waals surface area contributed by atoms with Crippen LogP contribution in [0.25, 0.3) is 0 Å². The third kappa shape index (κ3) is 3.65. The molecular weight excluding hydrogens is 331 g/mol. The summed E-state index contributed by atoms with van der Waals surface area (Å²) in [6, 6.07) is 2.81. The first-order chi connectivity index (χ1) is 9.86. The van der Waals surface area contributed by atoms with Crippen LogP contribution in [0.3, 0.4) is 0 Å². The zero-order valence-corrected chi connectivity index (χ0v) is 14.2. The second-order valence-electron chi connectivity index (χ2n) is 5.45.